The number of hydrogen-bond acceptors (Lipinski definition) is 7. The number of benzene rings is 2. The number of carbonyl (C=O) groups is 1. The summed E-state index contributed by atoms with van der Waals surface area (Å²) in [5, 5.41) is 0. The Labute approximate surface area is 206 Å². The van der Waals surface area contributed by atoms with Crippen LogP contribution >= 0.6 is 11.3 Å². The molecule has 0 saturated heterocycles. The minimum atomic E-state index is -0.653. The van der Waals surface area contributed by atoms with Crippen LogP contribution in [0.15, 0.2) is 69.6 Å². The summed E-state index contributed by atoms with van der Waals surface area (Å²) in [4.78, 5) is 31.8. The normalized spacial score (nSPS) is 15.1. The van der Waals surface area contributed by atoms with Gasteiger partial charge >= 0.3 is 5.97 Å². The minimum absolute atomic E-state index is 0.0544. The quantitative estimate of drug-likeness (QED) is 0.378. The lowest BCUT2D eigenvalue weighted by atomic mass is 9.95. The molecule has 0 bridgehead atoms. The molecule has 0 radical (unpaired) electrons. The second-order valence-electron chi connectivity index (χ2n) is 7.57. The van der Waals surface area contributed by atoms with Crippen molar-refractivity contribution in [2.75, 3.05) is 20.8 Å². The largest absolute Gasteiger partial charge is 0.493 e. The van der Waals surface area contributed by atoms with Crippen molar-refractivity contribution in [1.29, 1.82) is 0 Å². The predicted molar refractivity (Wildman–Crippen MR) is 134 cm³/mol. The van der Waals surface area contributed by atoms with E-state index >= 15 is 0 Å². The van der Waals surface area contributed by atoms with Crippen LogP contribution in [0.2, 0.25) is 0 Å². The number of carbonyl (C=O) groups excluding carboxylic acids is 1. The highest BCUT2D eigenvalue weighted by molar-refractivity contribution is 7.07. The average molecular weight is 489 g/mol. The van der Waals surface area contributed by atoms with E-state index in [-0.39, 0.29) is 12.2 Å². The second-order valence-corrected chi connectivity index (χ2v) is 8.58. The van der Waals surface area contributed by atoms with Gasteiger partial charge in [0.15, 0.2) is 16.3 Å². The van der Waals surface area contributed by atoms with Gasteiger partial charge in [-0.3, -0.25) is 9.36 Å². The highest BCUT2D eigenvalue weighted by Crippen LogP contribution is 2.33. The number of hydrogen-bond donors (Lipinski definition) is 0. The van der Waals surface area contributed by atoms with Gasteiger partial charge in [-0.05, 0) is 24.1 Å². The number of fused-ring (bicyclic) bond motifs is 1. The van der Waals surface area contributed by atoms with Gasteiger partial charge in [0.25, 0.3) is 5.56 Å². The molecule has 3 aromatic rings. The number of aromatic nitrogens is 1. The van der Waals surface area contributed by atoms with E-state index in [1.807, 2.05) is 49.4 Å². The summed E-state index contributed by atoms with van der Waals surface area (Å²) >= 11 is 1.25. The van der Waals surface area contributed by atoms with E-state index in [9.17, 15) is 9.59 Å². The fraction of sp³-hybridized carbons (Fsp3) is 0.222. The van der Waals surface area contributed by atoms with Gasteiger partial charge in [-0.2, -0.15) is 0 Å². The summed E-state index contributed by atoms with van der Waals surface area (Å²) < 4.78 is 18.2. The monoisotopic (exact) mass is 488 g/mol. The summed E-state index contributed by atoms with van der Waals surface area (Å²) in [6.45, 7) is 1.97. The van der Waals surface area contributed by atoms with Gasteiger partial charge in [0, 0.05) is 5.56 Å². The molecule has 2 aromatic carbocycles. The van der Waals surface area contributed by atoms with Crippen LogP contribution in [-0.4, -0.2) is 31.4 Å². The van der Waals surface area contributed by atoms with Crippen molar-refractivity contribution in [2.24, 2.45) is 4.99 Å². The maximum Gasteiger partial charge on any atom is 0.338 e. The number of nitrogens with zero attached hydrogens (tertiary/aromatic N) is 2. The number of allylic oxidation sites excluding steroid dienone is 1. The molecule has 1 atom stereocenters. The topological polar surface area (TPSA) is 79.1 Å². The number of para-hydroxylation sites is 1. The standard InChI is InChI=1S/C27H24N2O5S/c1-5-15-34-24-18(13-10-14-20(24)32-3)16-21-25(30)29-23(17-11-8-7-9-12-17)22(26(31)33-4)19(6-2)28-27(29)35-21/h1,7-14,16,23H,6,15H2,2-4H3/b21-16+/t23-/m0/s1. The zero-order valence-corrected chi connectivity index (χ0v) is 20.4. The fourth-order valence-electron chi connectivity index (χ4n) is 4.03. The van der Waals surface area contributed by atoms with Crippen LogP contribution in [0.4, 0.5) is 0 Å². The lowest BCUT2D eigenvalue weighted by Gasteiger charge is -2.25. The molecule has 35 heavy (non-hydrogen) atoms. The Morgan fingerprint density at radius 2 is 1.97 bits per heavy atom. The van der Waals surface area contributed by atoms with E-state index in [1.165, 1.54) is 25.6 Å². The molecule has 1 aliphatic rings. The van der Waals surface area contributed by atoms with Crippen molar-refractivity contribution in [3.63, 3.8) is 0 Å². The number of ether oxygens (including phenoxy) is 3. The van der Waals surface area contributed by atoms with Crippen molar-refractivity contribution in [2.45, 2.75) is 19.4 Å². The highest BCUT2D eigenvalue weighted by atomic mass is 32.1. The van der Waals surface area contributed by atoms with Crippen LogP contribution < -0.4 is 24.4 Å². The molecule has 0 saturated carbocycles. The molecule has 8 heteroatoms. The number of terminal acetylenes is 1. The van der Waals surface area contributed by atoms with Crippen LogP contribution in [0.3, 0.4) is 0 Å². The molecule has 2 heterocycles. The van der Waals surface area contributed by atoms with E-state index in [0.717, 1.165) is 5.56 Å². The molecular formula is C27H24N2O5S. The summed E-state index contributed by atoms with van der Waals surface area (Å²) in [7, 11) is 2.87. The molecule has 1 aromatic heterocycles. The number of esters is 1. The first-order chi connectivity index (χ1) is 17.0. The lowest BCUT2D eigenvalue weighted by molar-refractivity contribution is -0.136. The van der Waals surface area contributed by atoms with Gasteiger partial charge in [-0.25, -0.2) is 9.79 Å². The first-order valence-electron chi connectivity index (χ1n) is 10.9. The first-order valence-corrected chi connectivity index (χ1v) is 11.8. The van der Waals surface area contributed by atoms with Crippen molar-refractivity contribution >= 4 is 23.4 Å². The van der Waals surface area contributed by atoms with Gasteiger partial charge < -0.3 is 14.2 Å². The van der Waals surface area contributed by atoms with Crippen LogP contribution in [0.25, 0.3) is 6.08 Å². The lowest BCUT2D eigenvalue weighted by Crippen LogP contribution is -2.40. The Morgan fingerprint density at radius 3 is 2.63 bits per heavy atom. The summed E-state index contributed by atoms with van der Waals surface area (Å²) in [5.41, 5.74) is 2.12. The van der Waals surface area contributed by atoms with Gasteiger partial charge in [0.1, 0.15) is 6.61 Å². The summed E-state index contributed by atoms with van der Waals surface area (Å²) in [5.74, 6) is 2.89. The van der Waals surface area contributed by atoms with Crippen LogP contribution in [0.1, 0.15) is 30.5 Å². The van der Waals surface area contributed by atoms with E-state index in [1.54, 1.807) is 16.7 Å². The average Bonchev–Trinajstić information content (AvgIpc) is 3.20. The fourth-order valence-corrected chi connectivity index (χ4v) is 5.04. The number of thiazole rings is 1. The minimum Gasteiger partial charge on any atom is -0.493 e. The first kappa shape index (κ1) is 24.0. The van der Waals surface area contributed by atoms with Crippen LogP contribution in [0.5, 0.6) is 11.5 Å². The molecule has 1 aliphatic heterocycles. The Bertz CT molecular complexity index is 1510. The number of rotatable bonds is 7. The maximum atomic E-state index is 13.7. The molecule has 0 N–H and O–H groups in total. The Hall–Kier alpha value is -4.09. The highest BCUT2D eigenvalue weighted by Gasteiger charge is 2.33. The molecule has 7 nitrogen and oxygen atoms in total. The Morgan fingerprint density at radius 1 is 1.20 bits per heavy atom. The van der Waals surface area contributed by atoms with Gasteiger partial charge in [0.2, 0.25) is 0 Å². The summed E-state index contributed by atoms with van der Waals surface area (Å²) in [6.07, 6.45) is 7.62. The predicted octanol–water partition coefficient (Wildman–Crippen LogP) is 2.82. The van der Waals surface area contributed by atoms with Gasteiger partial charge in [0.05, 0.1) is 36.1 Å². The molecule has 0 aliphatic carbocycles. The third kappa shape index (κ3) is 4.51. The molecule has 0 fully saturated rings. The van der Waals surface area contributed by atoms with E-state index < -0.39 is 12.0 Å². The molecule has 0 unspecified atom stereocenters. The van der Waals surface area contributed by atoms with Crippen LogP contribution in [-0.2, 0) is 9.53 Å². The molecule has 0 spiro atoms. The van der Waals surface area contributed by atoms with Gasteiger partial charge in [-0.15, -0.1) is 6.42 Å². The van der Waals surface area contributed by atoms with Crippen molar-refractivity contribution < 1.29 is 19.0 Å². The molecule has 178 valence electrons. The molecular weight excluding hydrogens is 464 g/mol. The Kier molecular flexibility index (Phi) is 7.18. The van der Waals surface area contributed by atoms with Crippen molar-refractivity contribution in [3.8, 4) is 23.8 Å². The van der Waals surface area contributed by atoms with Gasteiger partial charge in [-0.1, -0.05) is 66.6 Å². The third-order valence-corrected chi connectivity index (χ3v) is 6.56. The Balaban J connectivity index is 1.98. The number of methoxy groups -OCH3 is 2. The maximum absolute atomic E-state index is 13.7. The van der Waals surface area contributed by atoms with E-state index in [0.29, 0.717) is 44.1 Å². The zero-order valence-electron chi connectivity index (χ0n) is 19.6. The SMILES string of the molecule is C#CCOc1c(/C=c2/sc3n(c2=O)[C@@H](c2ccccc2)C(C(=O)OC)=C(CC)N=3)cccc1OC. The van der Waals surface area contributed by atoms with Crippen LogP contribution in [0, 0.1) is 12.3 Å². The zero-order chi connectivity index (χ0) is 24.9. The molecule has 4 rings (SSSR count). The van der Waals surface area contributed by atoms with E-state index in [4.69, 9.17) is 20.6 Å². The molecule has 0 amide bonds. The second kappa shape index (κ2) is 10.5. The van der Waals surface area contributed by atoms with Crippen molar-refractivity contribution in [1.82, 2.24) is 4.57 Å². The smallest absolute Gasteiger partial charge is 0.338 e. The third-order valence-electron chi connectivity index (χ3n) is 5.58. The van der Waals surface area contributed by atoms with Crippen molar-refractivity contribution in [3.05, 3.63) is 90.6 Å². The van der Waals surface area contributed by atoms with E-state index in [2.05, 4.69) is 10.9 Å². The summed E-state index contributed by atoms with van der Waals surface area (Å²) in [6, 6.07) is 14.1.